The molecular weight excluding hydrogens is 270 g/mol. The molecule has 0 unspecified atom stereocenters. The lowest BCUT2D eigenvalue weighted by Gasteiger charge is -2.22. The fourth-order valence-electron chi connectivity index (χ4n) is 1.81. The van der Waals surface area contributed by atoms with E-state index in [1.165, 1.54) is 0 Å². The van der Waals surface area contributed by atoms with Crippen LogP contribution in [-0.4, -0.2) is 62.4 Å². The van der Waals surface area contributed by atoms with Crippen molar-refractivity contribution in [3.05, 3.63) is 23.9 Å². The molecule has 1 aromatic heterocycles. The van der Waals surface area contributed by atoms with Crippen molar-refractivity contribution in [2.24, 2.45) is 0 Å². The number of rotatable bonds is 9. The normalized spacial score (nSPS) is 10.7. The Kier molecular flexibility index (Phi) is 7.71. The van der Waals surface area contributed by atoms with Crippen molar-refractivity contribution in [2.75, 3.05) is 45.8 Å². The van der Waals surface area contributed by atoms with E-state index in [1.54, 1.807) is 25.2 Å². The largest absolute Gasteiger partial charge is 0.383 e. The number of ether oxygens (including phenoxy) is 2. The Labute approximate surface area is 126 Å². The van der Waals surface area contributed by atoms with Crippen molar-refractivity contribution >= 4 is 11.7 Å². The molecule has 0 saturated carbocycles. The zero-order valence-electron chi connectivity index (χ0n) is 13.3. The van der Waals surface area contributed by atoms with Gasteiger partial charge in [0.05, 0.1) is 13.2 Å². The van der Waals surface area contributed by atoms with E-state index in [1.807, 2.05) is 26.0 Å². The van der Waals surface area contributed by atoms with Gasteiger partial charge in [-0.15, -0.1) is 0 Å². The number of aromatic nitrogens is 1. The van der Waals surface area contributed by atoms with Crippen LogP contribution in [0.4, 0.5) is 5.82 Å². The van der Waals surface area contributed by atoms with Crippen LogP contribution in [0.5, 0.6) is 0 Å². The van der Waals surface area contributed by atoms with E-state index in [2.05, 4.69) is 10.3 Å². The molecule has 21 heavy (non-hydrogen) atoms. The zero-order valence-corrected chi connectivity index (χ0v) is 13.3. The third-order valence-corrected chi connectivity index (χ3v) is 2.82. The van der Waals surface area contributed by atoms with Crippen LogP contribution in [0.2, 0.25) is 0 Å². The molecule has 1 rings (SSSR count). The highest BCUT2D eigenvalue weighted by Crippen LogP contribution is 2.09. The molecule has 118 valence electrons. The van der Waals surface area contributed by atoms with E-state index in [9.17, 15) is 4.79 Å². The number of carbonyl (C=O) groups is 1. The van der Waals surface area contributed by atoms with Crippen molar-refractivity contribution in [1.82, 2.24) is 9.88 Å². The second-order valence-corrected chi connectivity index (χ2v) is 4.98. The van der Waals surface area contributed by atoms with Crippen molar-refractivity contribution < 1.29 is 14.3 Å². The number of pyridine rings is 1. The van der Waals surface area contributed by atoms with Gasteiger partial charge in [-0.1, -0.05) is 6.07 Å². The predicted octanol–water partition coefficient (Wildman–Crippen LogP) is 1.64. The summed E-state index contributed by atoms with van der Waals surface area (Å²) in [6.45, 7) is 6.06. The SMILES string of the molecule is COCCN(CCOC)C(=O)c1cccc(NC(C)C)n1. The minimum Gasteiger partial charge on any atom is -0.383 e. The van der Waals surface area contributed by atoms with Crippen LogP contribution in [0, 0.1) is 0 Å². The Morgan fingerprint density at radius 1 is 1.24 bits per heavy atom. The summed E-state index contributed by atoms with van der Waals surface area (Å²) >= 11 is 0. The molecule has 0 spiro atoms. The van der Waals surface area contributed by atoms with E-state index in [4.69, 9.17) is 9.47 Å². The average molecular weight is 295 g/mol. The highest BCUT2D eigenvalue weighted by Gasteiger charge is 2.17. The molecule has 1 N–H and O–H groups in total. The maximum atomic E-state index is 12.5. The van der Waals surface area contributed by atoms with Crippen LogP contribution in [0.15, 0.2) is 18.2 Å². The Bertz CT molecular complexity index is 430. The highest BCUT2D eigenvalue weighted by molar-refractivity contribution is 5.92. The molecule has 1 amide bonds. The van der Waals surface area contributed by atoms with Crippen molar-refractivity contribution in [2.45, 2.75) is 19.9 Å². The smallest absolute Gasteiger partial charge is 0.272 e. The third-order valence-electron chi connectivity index (χ3n) is 2.82. The predicted molar refractivity (Wildman–Crippen MR) is 82.7 cm³/mol. The Morgan fingerprint density at radius 2 is 1.86 bits per heavy atom. The molecule has 0 aromatic carbocycles. The van der Waals surface area contributed by atoms with Gasteiger partial charge in [0.15, 0.2) is 0 Å². The van der Waals surface area contributed by atoms with E-state index in [0.29, 0.717) is 37.8 Å². The van der Waals surface area contributed by atoms with Gasteiger partial charge in [0.25, 0.3) is 5.91 Å². The molecule has 0 saturated heterocycles. The first kappa shape index (κ1) is 17.4. The van der Waals surface area contributed by atoms with Crippen LogP contribution in [0.1, 0.15) is 24.3 Å². The van der Waals surface area contributed by atoms with Crippen molar-refractivity contribution in [3.8, 4) is 0 Å². The fourth-order valence-corrected chi connectivity index (χ4v) is 1.81. The lowest BCUT2D eigenvalue weighted by molar-refractivity contribution is 0.0622. The maximum Gasteiger partial charge on any atom is 0.272 e. The number of carbonyl (C=O) groups excluding carboxylic acids is 1. The molecule has 0 radical (unpaired) electrons. The van der Waals surface area contributed by atoms with Gasteiger partial charge in [-0.2, -0.15) is 0 Å². The number of nitrogens with zero attached hydrogens (tertiary/aromatic N) is 2. The summed E-state index contributed by atoms with van der Waals surface area (Å²) in [5, 5.41) is 3.19. The molecule has 6 heteroatoms. The van der Waals surface area contributed by atoms with Gasteiger partial charge >= 0.3 is 0 Å². The number of anilines is 1. The number of hydrogen-bond acceptors (Lipinski definition) is 5. The third kappa shape index (κ3) is 6.10. The van der Waals surface area contributed by atoms with Gasteiger partial charge in [-0.3, -0.25) is 4.79 Å². The summed E-state index contributed by atoms with van der Waals surface area (Å²) in [6, 6.07) is 5.67. The minimum absolute atomic E-state index is 0.114. The average Bonchev–Trinajstić information content (AvgIpc) is 2.46. The lowest BCUT2D eigenvalue weighted by Crippen LogP contribution is -2.37. The van der Waals surface area contributed by atoms with E-state index >= 15 is 0 Å². The first-order valence-corrected chi connectivity index (χ1v) is 7.09. The quantitative estimate of drug-likeness (QED) is 0.750. The first-order chi connectivity index (χ1) is 10.1. The molecule has 0 atom stereocenters. The summed E-state index contributed by atoms with van der Waals surface area (Å²) in [4.78, 5) is 18.6. The summed E-state index contributed by atoms with van der Waals surface area (Å²) < 4.78 is 10.1. The second-order valence-electron chi connectivity index (χ2n) is 4.98. The van der Waals surface area contributed by atoms with Gasteiger partial charge < -0.3 is 19.7 Å². The minimum atomic E-state index is -0.114. The summed E-state index contributed by atoms with van der Waals surface area (Å²) in [5.41, 5.74) is 0.424. The fraction of sp³-hybridized carbons (Fsp3) is 0.600. The molecule has 0 aliphatic rings. The first-order valence-electron chi connectivity index (χ1n) is 7.09. The van der Waals surface area contributed by atoms with Crippen LogP contribution in [0.25, 0.3) is 0 Å². The van der Waals surface area contributed by atoms with Crippen molar-refractivity contribution in [3.63, 3.8) is 0 Å². The molecule has 1 aromatic rings. The number of nitrogens with one attached hydrogen (secondary N) is 1. The van der Waals surface area contributed by atoms with Gasteiger partial charge in [0, 0.05) is 33.4 Å². The van der Waals surface area contributed by atoms with Gasteiger partial charge in [-0.25, -0.2) is 4.98 Å². The molecular formula is C15H25N3O3. The number of amides is 1. The summed E-state index contributed by atoms with van der Waals surface area (Å²) in [5.74, 6) is 0.589. The Balaban J connectivity index is 2.81. The van der Waals surface area contributed by atoms with E-state index in [0.717, 1.165) is 0 Å². The van der Waals surface area contributed by atoms with Crippen LogP contribution < -0.4 is 5.32 Å². The molecule has 1 heterocycles. The monoisotopic (exact) mass is 295 g/mol. The highest BCUT2D eigenvalue weighted by atomic mass is 16.5. The van der Waals surface area contributed by atoms with Crippen molar-refractivity contribution in [1.29, 1.82) is 0 Å². The standard InChI is InChI=1S/C15H25N3O3/c1-12(2)16-14-7-5-6-13(17-14)15(19)18(8-10-20-3)9-11-21-4/h5-7,12H,8-11H2,1-4H3,(H,16,17). The molecule has 0 bridgehead atoms. The molecule has 0 aliphatic carbocycles. The maximum absolute atomic E-state index is 12.5. The number of methoxy groups -OCH3 is 2. The van der Waals surface area contributed by atoms with E-state index < -0.39 is 0 Å². The van der Waals surface area contributed by atoms with Crippen LogP contribution in [0.3, 0.4) is 0 Å². The van der Waals surface area contributed by atoms with Crippen LogP contribution >= 0.6 is 0 Å². The van der Waals surface area contributed by atoms with Gasteiger partial charge in [0.2, 0.25) is 0 Å². The molecule has 0 fully saturated rings. The van der Waals surface area contributed by atoms with Gasteiger partial charge in [-0.05, 0) is 26.0 Å². The summed E-state index contributed by atoms with van der Waals surface area (Å²) in [6.07, 6.45) is 0. The van der Waals surface area contributed by atoms with E-state index in [-0.39, 0.29) is 11.9 Å². The second kappa shape index (κ2) is 9.31. The topological polar surface area (TPSA) is 63.7 Å². The Morgan fingerprint density at radius 3 is 2.38 bits per heavy atom. The lowest BCUT2D eigenvalue weighted by atomic mass is 10.3. The molecule has 0 aliphatic heterocycles. The van der Waals surface area contributed by atoms with Crippen LogP contribution in [-0.2, 0) is 9.47 Å². The zero-order chi connectivity index (χ0) is 15.7. The number of hydrogen-bond donors (Lipinski definition) is 1. The Hall–Kier alpha value is -1.66. The summed E-state index contributed by atoms with van der Waals surface area (Å²) in [7, 11) is 3.23. The molecule has 6 nitrogen and oxygen atoms in total. The van der Waals surface area contributed by atoms with Gasteiger partial charge in [0.1, 0.15) is 11.5 Å².